The van der Waals surface area contributed by atoms with Crippen LogP contribution in [-0.2, 0) is 24.5 Å². The van der Waals surface area contributed by atoms with Crippen LogP contribution in [0.3, 0.4) is 0 Å². The van der Waals surface area contributed by atoms with Crippen LogP contribution < -0.4 is 0 Å². The van der Waals surface area contributed by atoms with E-state index in [1.807, 2.05) is 20.8 Å². The molecule has 23 heavy (non-hydrogen) atoms. The maximum absolute atomic E-state index is 12.0. The van der Waals surface area contributed by atoms with Crippen LogP contribution in [0.15, 0.2) is 17.7 Å². The smallest absolute Gasteiger partial charge is 0.348 e. The topological polar surface area (TPSA) is 72.8 Å². The molecular formula is C17H19ClO5. The maximum atomic E-state index is 12.0. The Morgan fingerprint density at radius 3 is 2.13 bits per heavy atom. The molecule has 1 aromatic rings. The number of benzene rings is 1. The fourth-order valence-corrected chi connectivity index (χ4v) is 2.32. The second-order valence-corrected chi connectivity index (χ2v) is 7.29. The molecular weight excluding hydrogens is 320 g/mol. The summed E-state index contributed by atoms with van der Waals surface area (Å²) in [6, 6.07) is 3.33. The van der Waals surface area contributed by atoms with Gasteiger partial charge in [-0.3, -0.25) is 0 Å². The fourth-order valence-electron chi connectivity index (χ4n) is 2.10. The summed E-state index contributed by atoms with van der Waals surface area (Å²) in [5, 5.41) is 10.3. The summed E-state index contributed by atoms with van der Waals surface area (Å²) in [4.78, 5) is 24.0. The van der Waals surface area contributed by atoms with E-state index in [4.69, 9.17) is 21.1 Å². The Kier molecular flexibility index (Phi) is 4.20. The molecule has 6 heteroatoms. The van der Waals surface area contributed by atoms with Crippen molar-refractivity contribution in [3.63, 3.8) is 0 Å². The molecule has 0 bridgehead atoms. The zero-order valence-corrected chi connectivity index (χ0v) is 14.4. The van der Waals surface area contributed by atoms with Gasteiger partial charge in [0.15, 0.2) is 0 Å². The van der Waals surface area contributed by atoms with Gasteiger partial charge in [0.1, 0.15) is 11.3 Å². The zero-order valence-electron chi connectivity index (χ0n) is 13.7. The molecule has 0 radical (unpaired) electrons. The second-order valence-electron chi connectivity index (χ2n) is 6.88. The standard InChI is InChI=1S/C17H19ClO5/c1-16(2,3)10-6-9(13(19)12(18)8-10)7-11-14(20)22-17(4,5)23-15(11)21/h6-8,19H,1-5H3. The van der Waals surface area contributed by atoms with Crippen molar-refractivity contribution in [1.82, 2.24) is 0 Å². The number of halogens is 1. The number of hydrogen-bond acceptors (Lipinski definition) is 5. The minimum absolute atomic E-state index is 0.141. The summed E-state index contributed by atoms with van der Waals surface area (Å²) < 4.78 is 10.1. The monoisotopic (exact) mass is 338 g/mol. The van der Waals surface area contributed by atoms with Crippen LogP contribution in [0, 0.1) is 0 Å². The molecule has 0 atom stereocenters. The van der Waals surface area contributed by atoms with E-state index in [0.717, 1.165) is 5.56 Å². The van der Waals surface area contributed by atoms with Gasteiger partial charge >= 0.3 is 11.9 Å². The lowest BCUT2D eigenvalue weighted by atomic mass is 9.86. The van der Waals surface area contributed by atoms with E-state index in [-0.39, 0.29) is 27.3 Å². The average molecular weight is 339 g/mol. The van der Waals surface area contributed by atoms with E-state index in [1.165, 1.54) is 19.9 Å². The molecule has 1 N–H and O–H groups in total. The summed E-state index contributed by atoms with van der Waals surface area (Å²) in [5.74, 6) is -3.12. The Labute approximate surface area is 139 Å². The van der Waals surface area contributed by atoms with Crippen LogP contribution in [0.4, 0.5) is 0 Å². The first-order valence-corrected chi connectivity index (χ1v) is 7.50. The van der Waals surface area contributed by atoms with Crippen molar-refractivity contribution >= 4 is 29.6 Å². The van der Waals surface area contributed by atoms with Crippen molar-refractivity contribution < 1.29 is 24.2 Å². The van der Waals surface area contributed by atoms with Gasteiger partial charge in [0, 0.05) is 19.4 Å². The van der Waals surface area contributed by atoms with Crippen molar-refractivity contribution in [1.29, 1.82) is 0 Å². The number of ether oxygens (including phenoxy) is 2. The summed E-state index contributed by atoms with van der Waals surface area (Å²) in [7, 11) is 0. The fraction of sp³-hybridized carbons (Fsp3) is 0.412. The van der Waals surface area contributed by atoms with Crippen LogP contribution in [-0.4, -0.2) is 22.8 Å². The molecule has 1 aromatic carbocycles. The summed E-state index contributed by atoms with van der Waals surface area (Å²) in [6.07, 6.45) is 1.23. The molecule has 1 aliphatic rings. The van der Waals surface area contributed by atoms with Crippen LogP contribution >= 0.6 is 11.6 Å². The predicted molar refractivity (Wildman–Crippen MR) is 86.1 cm³/mol. The van der Waals surface area contributed by atoms with E-state index in [1.54, 1.807) is 12.1 Å². The lowest BCUT2D eigenvalue weighted by molar-refractivity contribution is -0.222. The molecule has 2 rings (SSSR count). The summed E-state index contributed by atoms with van der Waals surface area (Å²) >= 11 is 6.05. The first-order valence-electron chi connectivity index (χ1n) is 7.12. The quantitative estimate of drug-likeness (QED) is 0.481. The molecule has 0 unspecified atom stereocenters. The van der Waals surface area contributed by atoms with E-state index in [9.17, 15) is 14.7 Å². The number of phenols is 1. The van der Waals surface area contributed by atoms with E-state index < -0.39 is 17.7 Å². The van der Waals surface area contributed by atoms with Gasteiger partial charge in [-0.25, -0.2) is 9.59 Å². The Morgan fingerprint density at radius 1 is 1.13 bits per heavy atom. The molecule has 0 spiro atoms. The highest BCUT2D eigenvalue weighted by Gasteiger charge is 2.39. The Bertz CT molecular complexity index is 688. The average Bonchev–Trinajstić information content (AvgIpc) is 2.35. The molecule has 0 aliphatic carbocycles. The van der Waals surface area contributed by atoms with Gasteiger partial charge in [-0.15, -0.1) is 0 Å². The number of carbonyl (C=O) groups is 2. The van der Waals surface area contributed by atoms with Gasteiger partial charge in [0.25, 0.3) is 5.79 Å². The Morgan fingerprint density at radius 2 is 1.65 bits per heavy atom. The Hall–Kier alpha value is -2.01. The van der Waals surface area contributed by atoms with Crippen LogP contribution in [0.5, 0.6) is 5.75 Å². The second kappa shape index (κ2) is 5.57. The summed E-state index contributed by atoms with van der Waals surface area (Å²) in [5.41, 5.74) is 0.595. The molecule has 0 aromatic heterocycles. The number of carbonyl (C=O) groups excluding carboxylic acids is 2. The maximum Gasteiger partial charge on any atom is 0.348 e. The zero-order chi connectivity index (χ0) is 17.6. The minimum Gasteiger partial charge on any atom is -0.506 e. The van der Waals surface area contributed by atoms with Crippen LogP contribution in [0.2, 0.25) is 5.02 Å². The van der Waals surface area contributed by atoms with Crippen molar-refractivity contribution in [2.75, 3.05) is 0 Å². The highest BCUT2D eigenvalue weighted by Crippen LogP contribution is 2.36. The van der Waals surface area contributed by atoms with Crippen molar-refractivity contribution in [2.45, 2.75) is 45.8 Å². The van der Waals surface area contributed by atoms with E-state index >= 15 is 0 Å². The molecule has 0 saturated carbocycles. The third kappa shape index (κ3) is 3.67. The van der Waals surface area contributed by atoms with Gasteiger partial charge in [0.05, 0.1) is 5.02 Å². The largest absolute Gasteiger partial charge is 0.506 e. The van der Waals surface area contributed by atoms with Gasteiger partial charge in [-0.2, -0.15) is 0 Å². The van der Waals surface area contributed by atoms with E-state index in [2.05, 4.69) is 0 Å². The molecule has 0 amide bonds. The number of aromatic hydroxyl groups is 1. The first-order chi connectivity index (χ1) is 10.4. The lowest BCUT2D eigenvalue weighted by Gasteiger charge is -2.29. The number of cyclic esters (lactones) is 2. The molecule has 1 fully saturated rings. The van der Waals surface area contributed by atoms with Crippen molar-refractivity contribution in [3.05, 3.63) is 33.9 Å². The van der Waals surface area contributed by atoms with E-state index in [0.29, 0.717) is 0 Å². The third-order valence-corrected chi connectivity index (χ3v) is 3.66. The number of esters is 2. The first kappa shape index (κ1) is 17.3. The highest BCUT2D eigenvalue weighted by molar-refractivity contribution is 6.32. The van der Waals surface area contributed by atoms with Gasteiger partial charge in [-0.1, -0.05) is 32.4 Å². The molecule has 1 saturated heterocycles. The number of rotatable bonds is 1. The summed E-state index contributed by atoms with van der Waals surface area (Å²) in [6.45, 7) is 8.89. The van der Waals surface area contributed by atoms with Gasteiger partial charge in [-0.05, 0) is 29.2 Å². The third-order valence-electron chi connectivity index (χ3n) is 3.38. The Balaban J connectivity index is 2.53. The minimum atomic E-state index is -1.31. The molecule has 5 nitrogen and oxygen atoms in total. The normalized spacial score (nSPS) is 17.6. The van der Waals surface area contributed by atoms with Crippen LogP contribution in [0.1, 0.15) is 45.7 Å². The van der Waals surface area contributed by atoms with Gasteiger partial charge < -0.3 is 14.6 Å². The molecule has 124 valence electrons. The van der Waals surface area contributed by atoms with Crippen molar-refractivity contribution in [3.8, 4) is 5.75 Å². The molecule has 1 aliphatic heterocycles. The SMILES string of the molecule is CC1(C)OC(=O)C(=Cc2cc(C(C)(C)C)cc(Cl)c2O)C(=O)O1. The number of hydrogen-bond donors (Lipinski definition) is 1. The predicted octanol–water partition coefficient (Wildman–Crippen LogP) is 3.56. The van der Waals surface area contributed by atoms with Crippen molar-refractivity contribution in [2.24, 2.45) is 0 Å². The van der Waals surface area contributed by atoms with Crippen LogP contribution in [0.25, 0.3) is 6.08 Å². The number of phenolic OH excluding ortho intramolecular Hbond substituents is 1. The van der Waals surface area contributed by atoms with Gasteiger partial charge in [0.2, 0.25) is 0 Å². The lowest BCUT2D eigenvalue weighted by Crippen LogP contribution is -2.41. The molecule has 1 heterocycles. The highest BCUT2D eigenvalue weighted by atomic mass is 35.5.